The highest BCUT2D eigenvalue weighted by Gasteiger charge is 2.23. The van der Waals surface area contributed by atoms with Crippen LogP contribution < -0.4 is 20.9 Å². The zero-order valence-corrected chi connectivity index (χ0v) is 15.5. The van der Waals surface area contributed by atoms with Crippen LogP contribution in [0, 0.1) is 10.1 Å². The van der Waals surface area contributed by atoms with Gasteiger partial charge >= 0.3 is 5.69 Å². The number of rotatable bonds is 8. The zero-order chi connectivity index (χ0) is 20.6. The van der Waals surface area contributed by atoms with E-state index in [2.05, 4.69) is 26.1 Å². The Kier molecular flexibility index (Phi) is 6.15. The molecule has 0 unspecified atom stereocenters. The molecule has 1 aromatic heterocycles. The Hall–Kier alpha value is -4.21. The number of aromatic nitrogens is 2. The van der Waals surface area contributed by atoms with E-state index in [9.17, 15) is 14.9 Å². The third kappa shape index (κ3) is 5.16. The number of methoxy groups -OCH3 is 1. The highest BCUT2D eigenvalue weighted by atomic mass is 16.6. The topological polar surface area (TPSA) is 131 Å². The largest absolute Gasteiger partial charge is 0.497 e. The fourth-order valence-corrected chi connectivity index (χ4v) is 2.53. The van der Waals surface area contributed by atoms with Gasteiger partial charge in [-0.05, 0) is 17.7 Å². The SMILES string of the molecule is COc1cccc(Nc2ncnc(NNC(=O)Cc3ccccc3)c2[N+](=O)[O-])c1. The first kappa shape index (κ1) is 19.5. The van der Waals surface area contributed by atoms with Crippen molar-refractivity contribution in [2.24, 2.45) is 0 Å². The van der Waals surface area contributed by atoms with Gasteiger partial charge in [0.15, 0.2) is 0 Å². The molecule has 0 saturated carbocycles. The summed E-state index contributed by atoms with van der Waals surface area (Å²) in [5.41, 5.74) is 5.88. The summed E-state index contributed by atoms with van der Waals surface area (Å²) in [5, 5.41) is 14.5. The van der Waals surface area contributed by atoms with Crippen LogP contribution in [0.1, 0.15) is 5.56 Å². The number of carbonyl (C=O) groups excluding carboxylic acids is 1. The summed E-state index contributed by atoms with van der Waals surface area (Å²) < 4.78 is 5.14. The van der Waals surface area contributed by atoms with E-state index in [0.717, 1.165) is 11.9 Å². The Morgan fingerprint density at radius 3 is 2.59 bits per heavy atom. The van der Waals surface area contributed by atoms with Gasteiger partial charge in [0, 0.05) is 11.8 Å². The van der Waals surface area contributed by atoms with E-state index in [1.807, 2.05) is 30.3 Å². The Labute approximate surface area is 166 Å². The highest BCUT2D eigenvalue weighted by molar-refractivity contribution is 5.81. The van der Waals surface area contributed by atoms with E-state index in [1.165, 1.54) is 7.11 Å². The maximum absolute atomic E-state index is 12.1. The number of benzene rings is 2. The molecule has 3 aromatic rings. The Balaban J connectivity index is 1.76. The Morgan fingerprint density at radius 2 is 1.86 bits per heavy atom. The lowest BCUT2D eigenvalue weighted by Crippen LogP contribution is -2.31. The monoisotopic (exact) mass is 394 g/mol. The van der Waals surface area contributed by atoms with Crippen molar-refractivity contribution in [2.75, 3.05) is 17.9 Å². The maximum Gasteiger partial charge on any atom is 0.355 e. The third-order valence-corrected chi connectivity index (χ3v) is 3.87. The number of nitrogens with zero attached hydrogens (tertiary/aromatic N) is 3. The molecule has 0 aliphatic rings. The number of nitrogens with one attached hydrogen (secondary N) is 3. The molecule has 1 amide bonds. The molecule has 148 valence electrons. The van der Waals surface area contributed by atoms with Gasteiger partial charge in [0.25, 0.3) is 0 Å². The molecule has 0 radical (unpaired) electrons. The van der Waals surface area contributed by atoms with Gasteiger partial charge in [-0.2, -0.15) is 0 Å². The van der Waals surface area contributed by atoms with Crippen LogP contribution in [0.5, 0.6) is 5.75 Å². The molecule has 10 heteroatoms. The first-order chi connectivity index (χ1) is 14.1. The van der Waals surface area contributed by atoms with Crippen molar-refractivity contribution in [2.45, 2.75) is 6.42 Å². The summed E-state index contributed by atoms with van der Waals surface area (Å²) in [6, 6.07) is 16.0. The molecule has 3 rings (SSSR count). The van der Waals surface area contributed by atoms with Crippen LogP contribution in [0.15, 0.2) is 60.9 Å². The van der Waals surface area contributed by atoms with E-state index in [-0.39, 0.29) is 24.0 Å². The zero-order valence-electron chi connectivity index (χ0n) is 15.5. The second-order valence-corrected chi connectivity index (χ2v) is 5.87. The number of carbonyl (C=O) groups is 1. The van der Waals surface area contributed by atoms with Crippen molar-refractivity contribution in [3.05, 3.63) is 76.6 Å². The lowest BCUT2D eigenvalue weighted by atomic mass is 10.1. The number of ether oxygens (including phenoxy) is 1. The molecule has 1 heterocycles. The summed E-state index contributed by atoms with van der Waals surface area (Å²) in [5.74, 6) is 0.0412. The summed E-state index contributed by atoms with van der Waals surface area (Å²) in [7, 11) is 1.52. The van der Waals surface area contributed by atoms with Gasteiger partial charge in [0.2, 0.25) is 17.5 Å². The third-order valence-electron chi connectivity index (χ3n) is 3.87. The minimum absolute atomic E-state index is 0.0296. The average Bonchev–Trinajstić information content (AvgIpc) is 2.73. The van der Waals surface area contributed by atoms with Crippen LogP contribution in [0.4, 0.5) is 23.0 Å². The smallest absolute Gasteiger partial charge is 0.355 e. The second-order valence-electron chi connectivity index (χ2n) is 5.87. The van der Waals surface area contributed by atoms with Crippen molar-refractivity contribution in [1.82, 2.24) is 15.4 Å². The normalized spacial score (nSPS) is 10.1. The van der Waals surface area contributed by atoms with Crippen LogP contribution in [-0.2, 0) is 11.2 Å². The fourth-order valence-electron chi connectivity index (χ4n) is 2.53. The van der Waals surface area contributed by atoms with Crippen molar-refractivity contribution < 1.29 is 14.5 Å². The predicted molar refractivity (Wildman–Crippen MR) is 107 cm³/mol. The van der Waals surface area contributed by atoms with E-state index in [1.54, 1.807) is 24.3 Å². The number of nitro groups is 1. The fraction of sp³-hybridized carbons (Fsp3) is 0.105. The molecule has 0 spiro atoms. The van der Waals surface area contributed by atoms with E-state index < -0.39 is 10.6 Å². The molecule has 3 N–H and O–H groups in total. The van der Waals surface area contributed by atoms with Gasteiger partial charge in [-0.3, -0.25) is 25.8 Å². The average molecular weight is 394 g/mol. The molecule has 0 bridgehead atoms. The van der Waals surface area contributed by atoms with Crippen molar-refractivity contribution >= 4 is 28.9 Å². The van der Waals surface area contributed by atoms with Gasteiger partial charge in [0.1, 0.15) is 12.1 Å². The highest BCUT2D eigenvalue weighted by Crippen LogP contribution is 2.31. The lowest BCUT2D eigenvalue weighted by Gasteiger charge is -2.11. The van der Waals surface area contributed by atoms with Gasteiger partial charge < -0.3 is 10.1 Å². The Bertz CT molecular complexity index is 1010. The molecule has 0 aliphatic heterocycles. The quantitative estimate of drug-likeness (QED) is 0.393. The summed E-state index contributed by atoms with van der Waals surface area (Å²) >= 11 is 0. The maximum atomic E-state index is 12.1. The Morgan fingerprint density at radius 1 is 1.10 bits per heavy atom. The van der Waals surface area contributed by atoms with Crippen LogP contribution in [0.25, 0.3) is 0 Å². The van der Waals surface area contributed by atoms with Gasteiger partial charge in [-0.25, -0.2) is 9.97 Å². The number of hydrogen-bond acceptors (Lipinski definition) is 8. The van der Waals surface area contributed by atoms with Gasteiger partial charge in [-0.1, -0.05) is 36.4 Å². The van der Waals surface area contributed by atoms with Crippen LogP contribution >= 0.6 is 0 Å². The standard InChI is InChI=1S/C19H18N6O4/c1-29-15-9-5-8-14(11-15)22-18-17(25(27)28)19(21-12-20-18)24-23-16(26)10-13-6-3-2-4-7-13/h2-9,11-12H,10H2,1H3,(H,23,26)(H2,20,21,22,24). The van der Waals surface area contributed by atoms with Crippen molar-refractivity contribution in [3.63, 3.8) is 0 Å². The summed E-state index contributed by atoms with van der Waals surface area (Å²) in [6.07, 6.45) is 1.27. The number of hydrogen-bond donors (Lipinski definition) is 3. The van der Waals surface area contributed by atoms with Crippen LogP contribution in [0.2, 0.25) is 0 Å². The molecule has 10 nitrogen and oxygen atoms in total. The molecule has 0 saturated heterocycles. The van der Waals surface area contributed by atoms with Gasteiger partial charge in [0.05, 0.1) is 18.5 Å². The van der Waals surface area contributed by atoms with Crippen LogP contribution in [-0.4, -0.2) is 27.9 Å². The second kappa shape index (κ2) is 9.13. The van der Waals surface area contributed by atoms with E-state index in [0.29, 0.717) is 11.4 Å². The van der Waals surface area contributed by atoms with Gasteiger partial charge in [-0.15, -0.1) is 0 Å². The molecular weight excluding hydrogens is 376 g/mol. The molecule has 0 aliphatic carbocycles. The number of amides is 1. The summed E-state index contributed by atoms with van der Waals surface area (Å²) in [6.45, 7) is 0. The van der Waals surface area contributed by atoms with Crippen molar-refractivity contribution in [3.8, 4) is 5.75 Å². The first-order valence-electron chi connectivity index (χ1n) is 8.56. The van der Waals surface area contributed by atoms with Crippen molar-refractivity contribution in [1.29, 1.82) is 0 Å². The van der Waals surface area contributed by atoms with E-state index >= 15 is 0 Å². The minimum atomic E-state index is -0.631. The molecular formula is C19H18N6O4. The minimum Gasteiger partial charge on any atom is -0.497 e. The molecule has 2 aromatic carbocycles. The molecule has 0 atom stereocenters. The van der Waals surface area contributed by atoms with E-state index in [4.69, 9.17) is 4.74 Å². The lowest BCUT2D eigenvalue weighted by molar-refractivity contribution is -0.383. The number of hydrazine groups is 1. The van der Waals surface area contributed by atoms with Crippen LogP contribution in [0.3, 0.4) is 0 Å². The summed E-state index contributed by atoms with van der Waals surface area (Å²) in [4.78, 5) is 30.9. The molecule has 29 heavy (non-hydrogen) atoms. The predicted octanol–water partition coefficient (Wildman–Crippen LogP) is 2.82. The number of anilines is 3. The first-order valence-corrected chi connectivity index (χ1v) is 8.56. The molecule has 0 fully saturated rings.